The van der Waals surface area contributed by atoms with Gasteiger partial charge in [-0.25, -0.2) is 0 Å². The molecule has 10 atom stereocenters. The average Bonchev–Trinajstić information content (AvgIpc) is 2.97. The van der Waals surface area contributed by atoms with Gasteiger partial charge in [-0.1, -0.05) is 0 Å². The van der Waals surface area contributed by atoms with Gasteiger partial charge >= 0.3 is 0 Å². The van der Waals surface area contributed by atoms with E-state index < -0.39 is 97.3 Å². The number of hydrogen-bond donors (Lipinski definition) is 10. The minimum Gasteiger partial charge on any atom is -0.507 e. The number of ether oxygens (including phenoxy) is 4. The molecule has 0 saturated carbocycles. The van der Waals surface area contributed by atoms with Crippen LogP contribution in [-0.4, -0.2) is 126 Å². The Hall–Kier alpha value is -3.55. The molecule has 3 heterocycles. The van der Waals surface area contributed by atoms with Crippen LogP contribution in [0.4, 0.5) is 0 Å². The summed E-state index contributed by atoms with van der Waals surface area (Å²) in [5.41, 5.74) is -0.636. The van der Waals surface area contributed by atoms with Gasteiger partial charge in [-0.15, -0.1) is 0 Å². The maximum Gasteiger partial charge on any atom is 0.229 e. The number of aromatic hydroxyl groups is 3. The van der Waals surface area contributed by atoms with Crippen LogP contribution in [0.25, 0.3) is 22.3 Å². The SMILES string of the molecule is O=c1cc(-c2ccc(O)c(O)c2)oc2cc(O[C@@H]3O[C@H](CO)[C@H](O)[C@H](O)[C@H]3O[C@@H]3O[C@H](CO)[C@H](O)[C@H](O)[C@H]3O)cc(O)c12. The van der Waals surface area contributed by atoms with E-state index in [1.807, 2.05) is 0 Å². The summed E-state index contributed by atoms with van der Waals surface area (Å²) in [5.74, 6) is -1.71. The van der Waals surface area contributed by atoms with Crippen molar-refractivity contribution in [1.29, 1.82) is 0 Å². The van der Waals surface area contributed by atoms with Gasteiger partial charge in [0.1, 0.15) is 71.0 Å². The molecule has 16 nitrogen and oxygen atoms in total. The monoisotopic (exact) mass is 610 g/mol. The van der Waals surface area contributed by atoms with E-state index >= 15 is 0 Å². The van der Waals surface area contributed by atoms with Crippen molar-refractivity contribution in [3.05, 3.63) is 46.6 Å². The second-order valence-corrected chi connectivity index (χ2v) is 10.1. The molecular weight excluding hydrogens is 580 g/mol. The van der Waals surface area contributed by atoms with Gasteiger partial charge in [0.2, 0.25) is 6.29 Å². The summed E-state index contributed by atoms with van der Waals surface area (Å²) < 4.78 is 28.1. The third kappa shape index (κ3) is 5.85. The van der Waals surface area contributed by atoms with Gasteiger partial charge in [-0.05, 0) is 18.2 Å². The normalized spacial score (nSPS) is 33.0. The molecule has 2 aliphatic heterocycles. The lowest BCUT2D eigenvalue weighted by atomic mass is 9.97. The lowest BCUT2D eigenvalue weighted by Gasteiger charge is -2.45. The van der Waals surface area contributed by atoms with E-state index in [0.717, 1.165) is 18.2 Å². The fraction of sp³-hybridized carbons (Fsp3) is 0.444. The predicted molar refractivity (Wildman–Crippen MR) is 140 cm³/mol. The fourth-order valence-electron chi connectivity index (χ4n) is 4.90. The minimum atomic E-state index is -1.88. The molecule has 2 aliphatic rings. The molecule has 0 aliphatic carbocycles. The van der Waals surface area contributed by atoms with Crippen LogP contribution in [-0.2, 0) is 14.2 Å². The van der Waals surface area contributed by atoms with Crippen LogP contribution in [0.15, 0.2) is 45.6 Å². The van der Waals surface area contributed by atoms with Crippen LogP contribution in [0, 0.1) is 0 Å². The Labute approximate surface area is 241 Å². The van der Waals surface area contributed by atoms with Crippen molar-refractivity contribution < 1.29 is 74.4 Å². The van der Waals surface area contributed by atoms with Gasteiger partial charge in [0, 0.05) is 23.8 Å². The van der Waals surface area contributed by atoms with Crippen LogP contribution < -0.4 is 10.2 Å². The molecule has 2 fully saturated rings. The zero-order chi connectivity index (χ0) is 31.2. The van der Waals surface area contributed by atoms with Gasteiger partial charge in [0.15, 0.2) is 29.3 Å². The predicted octanol–water partition coefficient (Wildman–Crippen LogP) is -2.42. The second-order valence-electron chi connectivity index (χ2n) is 10.1. The van der Waals surface area contributed by atoms with Crippen molar-refractivity contribution in [3.8, 4) is 34.3 Å². The van der Waals surface area contributed by atoms with Crippen LogP contribution in [0.2, 0.25) is 0 Å². The Morgan fingerprint density at radius 1 is 0.698 bits per heavy atom. The number of hydrogen-bond acceptors (Lipinski definition) is 16. The summed E-state index contributed by atoms with van der Waals surface area (Å²) in [6.07, 6.45) is -16.9. The maximum atomic E-state index is 12.8. The Balaban J connectivity index is 1.48. The maximum absolute atomic E-state index is 12.8. The van der Waals surface area contributed by atoms with Gasteiger partial charge in [-0.3, -0.25) is 4.79 Å². The molecule has 234 valence electrons. The quantitative estimate of drug-likeness (QED) is 0.125. The first-order valence-electron chi connectivity index (χ1n) is 13.0. The molecule has 1 aromatic heterocycles. The highest BCUT2D eigenvalue weighted by Gasteiger charge is 2.51. The number of aliphatic hydroxyl groups is 7. The fourth-order valence-corrected chi connectivity index (χ4v) is 4.90. The van der Waals surface area contributed by atoms with E-state index in [-0.39, 0.29) is 28.0 Å². The first-order chi connectivity index (χ1) is 20.4. The summed E-state index contributed by atoms with van der Waals surface area (Å²) in [4.78, 5) is 12.8. The highest BCUT2D eigenvalue weighted by molar-refractivity contribution is 5.86. The van der Waals surface area contributed by atoms with Gasteiger partial charge < -0.3 is 74.4 Å². The zero-order valence-electron chi connectivity index (χ0n) is 22.1. The molecule has 0 amide bonds. The highest BCUT2D eigenvalue weighted by Crippen LogP contribution is 2.36. The van der Waals surface area contributed by atoms with Crippen molar-refractivity contribution in [2.75, 3.05) is 13.2 Å². The van der Waals surface area contributed by atoms with E-state index in [2.05, 4.69) is 0 Å². The standard InChI is InChI=1S/C27H30O16/c28-7-17-20(34)22(36)24(38)26(41-17)43-25-23(37)21(35)18(8-29)42-27(25)39-10-4-13(32)19-14(33)6-15(40-16(19)5-10)9-1-2-11(30)12(31)3-9/h1-6,17-18,20-32,34-38H,7-8H2/t17-,18-,20+,21+,22+,23+,24-,25-,26+,27-/m1/s1. The molecule has 0 unspecified atom stereocenters. The highest BCUT2D eigenvalue weighted by atomic mass is 16.8. The van der Waals surface area contributed by atoms with Crippen LogP contribution in [0.1, 0.15) is 0 Å². The van der Waals surface area contributed by atoms with E-state index in [1.54, 1.807) is 0 Å². The lowest BCUT2D eigenvalue weighted by molar-refractivity contribution is -0.357. The van der Waals surface area contributed by atoms with Crippen molar-refractivity contribution in [2.45, 2.75) is 61.4 Å². The largest absolute Gasteiger partial charge is 0.507 e. The van der Waals surface area contributed by atoms with E-state index in [9.17, 15) is 55.9 Å². The van der Waals surface area contributed by atoms with Crippen molar-refractivity contribution in [2.24, 2.45) is 0 Å². The van der Waals surface area contributed by atoms with E-state index in [0.29, 0.717) is 0 Å². The molecule has 2 saturated heterocycles. The molecular formula is C27H30O16. The van der Waals surface area contributed by atoms with Crippen LogP contribution in [0.3, 0.4) is 0 Å². The Bertz CT molecular complexity index is 1510. The first-order valence-corrected chi connectivity index (χ1v) is 13.0. The third-order valence-corrected chi connectivity index (χ3v) is 7.26. The van der Waals surface area contributed by atoms with Crippen molar-refractivity contribution in [3.63, 3.8) is 0 Å². The third-order valence-electron chi connectivity index (χ3n) is 7.26. The van der Waals surface area contributed by atoms with E-state index in [1.165, 1.54) is 18.2 Å². The Morgan fingerprint density at radius 3 is 2.00 bits per heavy atom. The number of phenolic OH excluding ortho intramolecular Hbond substituents is 3. The summed E-state index contributed by atoms with van der Waals surface area (Å²) in [6, 6.07) is 6.97. The Morgan fingerprint density at radius 2 is 1.35 bits per heavy atom. The summed E-state index contributed by atoms with van der Waals surface area (Å²) in [7, 11) is 0. The molecule has 10 N–H and O–H groups in total. The molecule has 0 bridgehead atoms. The smallest absolute Gasteiger partial charge is 0.229 e. The lowest BCUT2D eigenvalue weighted by Crippen LogP contribution is -2.65. The van der Waals surface area contributed by atoms with Gasteiger partial charge in [0.25, 0.3) is 0 Å². The molecule has 16 heteroatoms. The Kier molecular flexibility index (Phi) is 8.77. The summed E-state index contributed by atoms with van der Waals surface area (Å²) in [5, 5.41) is 101. The topological polar surface area (TPSA) is 269 Å². The number of benzene rings is 2. The minimum absolute atomic E-state index is 0.0408. The summed E-state index contributed by atoms with van der Waals surface area (Å²) >= 11 is 0. The molecule has 2 aromatic carbocycles. The van der Waals surface area contributed by atoms with Gasteiger partial charge in [0.05, 0.1) is 13.2 Å². The van der Waals surface area contributed by atoms with Crippen molar-refractivity contribution >= 4 is 11.0 Å². The average molecular weight is 611 g/mol. The van der Waals surface area contributed by atoms with Crippen LogP contribution >= 0.6 is 0 Å². The number of aliphatic hydroxyl groups excluding tert-OH is 7. The van der Waals surface area contributed by atoms with E-state index in [4.69, 9.17) is 23.4 Å². The number of phenols is 3. The van der Waals surface area contributed by atoms with Gasteiger partial charge in [-0.2, -0.15) is 0 Å². The second kappa shape index (κ2) is 12.2. The zero-order valence-corrected chi connectivity index (χ0v) is 22.1. The molecule has 0 spiro atoms. The number of rotatable bonds is 7. The van der Waals surface area contributed by atoms with Crippen LogP contribution in [0.5, 0.6) is 23.0 Å². The molecule has 0 radical (unpaired) electrons. The number of fused-ring (bicyclic) bond motifs is 1. The van der Waals surface area contributed by atoms with Crippen molar-refractivity contribution in [1.82, 2.24) is 0 Å². The molecule has 3 aromatic rings. The molecule has 5 rings (SSSR count). The molecule has 43 heavy (non-hydrogen) atoms. The summed E-state index contributed by atoms with van der Waals surface area (Å²) in [6.45, 7) is -1.54. The first kappa shape index (κ1) is 30.9.